The molecule has 8 heteroatoms. The number of carbonyl (C=O) groups is 1. The number of hydrogen-bond donors (Lipinski definition) is 1. The number of carbonyl (C=O) groups excluding carboxylic acids is 1. The van der Waals surface area contributed by atoms with E-state index in [4.69, 9.17) is 4.42 Å². The standard InChI is InChI=1S/C17H15N5O2S/c1-10-6-15-18-8-13(11(2)22(15)21-10)16(23)19-7-12-9-24-17(20-12)14-4-3-5-25-14/h3-6,8-9H,7H2,1-2H3,(H,19,23). The molecule has 7 nitrogen and oxygen atoms in total. The summed E-state index contributed by atoms with van der Waals surface area (Å²) in [7, 11) is 0. The molecule has 0 saturated heterocycles. The molecule has 1 N–H and O–H groups in total. The van der Waals surface area contributed by atoms with Crippen LogP contribution in [0.2, 0.25) is 0 Å². The lowest BCUT2D eigenvalue weighted by Crippen LogP contribution is -2.25. The number of hydrogen-bond acceptors (Lipinski definition) is 6. The molecule has 0 saturated carbocycles. The second-order valence-electron chi connectivity index (χ2n) is 5.62. The quantitative estimate of drug-likeness (QED) is 0.609. The number of aromatic nitrogens is 4. The highest BCUT2D eigenvalue weighted by Gasteiger charge is 2.15. The van der Waals surface area contributed by atoms with Crippen molar-refractivity contribution >= 4 is 22.9 Å². The van der Waals surface area contributed by atoms with Gasteiger partial charge >= 0.3 is 0 Å². The monoisotopic (exact) mass is 353 g/mol. The molecule has 126 valence electrons. The predicted molar refractivity (Wildman–Crippen MR) is 93.4 cm³/mol. The molecule has 25 heavy (non-hydrogen) atoms. The smallest absolute Gasteiger partial charge is 0.255 e. The van der Waals surface area contributed by atoms with Gasteiger partial charge in [0.05, 0.1) is 34.1 Å². The minimum Gasteiger partial charge on any atom is -0.443 e. The number of oxazole rings is 1. The summed E-state index contributed by atoms with van der Waals surface area (Å²) in [5, 5.41) is 9.16. The lowest BCUT2D eigenvalue weighted by atomic mass is 10.2. The summed E-state index contributed by atoms with van der Waals surface area (Å²) in [5.41, 5.74) is 3.48. The Bertz CT molecular complexity index is 1050. The fraction of sp³-hybridized carbons (Fsp3) is 0.176. The van der Waals surface area contributed by atoms with E-state index in [9.17, 15) is 4.79 Å². The van der Waals surface area contributed by atoms with Crippen LogP contribution in [-0.2, 0) is 6.54 Å². The number of aryl methyl sites for hydroxylation is 2. The molecule has 4 heterocycles. The van der Waals surface area contributed by atoms with Gasteiger partial charge in [-0.25, -0.2) is 14.5 Å². The van der Waals surface area contributed by atoms with Gasteiger partial charge < -0.3 is 9.73 Å². The highest BCUT2D eigenvalue weighted by atomic mass is 32.1. The van der Waals surface area contributed by atoms with E-state index in [1.165, 1.54) is 0 Å². The van der Waals surface area contributed by atoms with E-state index in [-0.39, 0.29) is 12.5 Å². The van der Waals surface area contributed by atoms with Crippen LogP contribution in [0.4, 0.5) is 0 Å². The third kappa shape index (κ3) is 2.91. The largest absolute Gasteiger partial charge is 0.443 e. The van der Waals surface area contributed by atoms with Crippen LogP contribution in [0.1, 0.15) is 27.4 Å². The SMILES string of the molecule is Cc1cc2ncc(C(=O)NCc3coc(-c4cccs4)n3)c(C)n2n1. The molecule has 0 aliphatic rings. The normalized spacial score (nSPS) is 11.1. The van der Waals surface area contributed by atoms with Crippen LogP contribution in [-0.4, -0.2) is 25.5 Å². The van der Waals surface area contributed by atoms with Crippen molar-refractivity contribution in [3.63, 3.8) is 0 Å². The van der Waals surface area contributed by atoms with Gasteiger partial charge in [-0.1, -0.05) is 6.07 Å². The average molecular weight is 353 g/mol. The maximum atomic E-state index is 12.5. The summed E-state index contributed by atoms with van der Waals surface area (Å²) in [6.07, 6.45) is 3.13. The summed E-state index contributed by atoms with van der Waals surface area (Å²) in [6.45, 7) is 4.02. The molecule has 0 atom stereocenters. The van der Waals surface area contributed by atoms with E-state index < -0.39 is 0 Å². The van der Waals surface area contributed by atoms with Gasteiger partial charge in [0.1, 0.15) is 6.26 Å². The first-order chi connectivity index (χ1) is 12.1. The topological polar surface area (TPSA) is 85.3 Å². The van der Waals surface area contributed by atoms with E-state index >= 15 is 0 Å². The van der Waals surface area contributed by atoms with Crippen molar-refractivity contribution in [1.82, 2.24) is 24.9 Å². The molecule has 0 aliphatic heterocycles. The number of fused-ring (bicyclic) bond motifs is 1. The van der Waals surface area contributed by atoms with Crippen molar-refractivity contribution in [3.05, 3.63) is 58.7 Å². The molecule has 4 rings (SSSR count). The van der Waals surface area contributed by atoms with Crippen LogP contribution in [0.3, 0.4) is 0 Å². The Morgan fingerprint density at radius 1 is 1.40 bits per heavy atom. The van der Waals surface area contributed by atoms with Gasteiger partial charge in [-0.2, -0.15) is 5.10 Å². The zero-order valence-corrected chi connectivity index (χ0v) is 14.5. The maximum absolute atomic E-state index is 12.5. The minimum atomic E-state index is -0.222. The first-order valence-corrected chi connectivity index (χ1v) is 8.58. The Hall–Kier alpha value is -3.00. The predicted octanol–water partition coefficient (Wildman–Crippen LogP) is 2.99. The molecule has 4 aromatic heterocycles. The number of amides is 1. The summed E-state index contributed by atoms with van der Waals surface area (Å²) >= 11 is 1.55. The van der Waals surface area contributed by atoms with E-state index in [2.05, 4.69) is 20.4 Å². The van der Waals surface area contributed by atoms with Crippen molar-refractivity contribution in [2.75, 3.05) is 0 Å². The van der Waals surface area contributed by atoms with Crippen molar-refractivity contribution < 1.29 is 9.21 Å². The summed E-state index contributed by atoms with van der Waals surface area (Å²) in [4.78, 5) is 22.1. The van der Waals surface area contributed by atoms with Crippen LogP contribution in [0, 0.1) is 13.8 Å². The van der Waals surface area contributed by atoms with Crippen molar-refractivity contribution in [1.29, 1.82) is 0 Å². The number of thiophene rings is 1. The van der Waals surface area contributed by atoms with Crippen LogP contribution < -0.4 is 5.32 Å². The first-order valence-electron chi connectivity index (χ1n) is 7.70. The molecule has 4 aromatic rings. The van der Waals surface area contributed by atoms with Gasteiger partial charge in [0.2, 0.25) is 5.89 Å². The Morgan fingerprint density at radius 3 is 3.08 bits per heavy atom. The van der Waals surface area contributed by atoms with E-state index in [0.29, 0.717) is 17.1 Å². The zero-order valence-electron chi connectivity index (χ0n) is 13.7. The van der Waals surface area contributed by atoms with Gasteiger partial charge in [0.25, 0.3) is 5.91 Å². The second kappa shape index (κ2) is 6.14. The first kappa shape index (κ1) is 15.5. The van der Waals surface area contributed by atoms with E-state index in [0.717, 1.165) is 21.9 Å². The Kier molecular flexibility index (Phi) is 3.81. The molecule has 1 amide bonds. The number of nitrogens with one attached hydrogen (secondary N) is 1. The summed E-state index contributed by atoms with van der Waals surface area (Å²) in [5.74, 6) is 0.339. The van der Waals surface area contributed by atoms with E-state index in [1.807, 2.05) is 37.4 Å². The van der Waals surface area contributed by atoms with Gasteiger partial charge in [0, 0.05) is 12.3 Å². The van der Waals surface area contributed by atoms with Gasteiger partial charge in [-0.3, -0.25) is 4.79 Å². The Morgan fingerprint density at radius 2 is 2.28 bits per heavy atom. The fourth-order valence-electron chi connectivity index (χ4n) is 2.55. The highest BCUT2D eigenvalue weighted by molar-refractivity contribution is 7.13. The molecule has 0 bridgehead atoms. The summed E-state index contributed by atoms with van der Waals surface area (Å²) < 4.78 is 7.13. The van der Waals surface area contributed by atoms with E-state index in [1.54, 1.807) is 28.3 Å². The lowest BCUT2D eigenvalue weighted by molar-refractivity contribution is 0.0948. The van der Waals surface area contributed by atoms with Crippen molar-refractivity contribution in [3.8, 4) is 10.8 Å². The highest BCUT2D eigenvalue weighted by Crippen LogP contribution is 2.23. The van der Waals surface area contributed by atoms with Crippen LogP contribution in [0.5, 0.6) is 0 Å². The van der Waals surface area contributed by atoms with Crippen molar-refractivity contribution in [2.24, 2.45) is 0 Å². The summed E-state index contributed by atoms with van der Waals surface area (Å²) in [6, 6.07) is 5.75. The Balaban J connectivity index is 1.50. The Labute approximate surface area is 147 Å². The van der Waals surface area contributed by atoms with Crippen molar-refractivity contribution in [2.45, 2.75) is 20.4 Å². The third-order valence-corrected chi connectivity index (χ3v) is 4.66. The van der Waals surface area contributed by atoms with Crippen LogP contribution >= 0.6 is 11.3 Å². The van der Waals surface area contributed by atoms with Crippen LogP contribution in [0.25, 0.3) is 16.4 Å². The number of nitrogens with zero attached hydrogens (tertiary/aromatic N) is 4. The zero-order chi connectivity index (χ0) is 17.4. The molecule has 0 unspecified atom stereocenters. The fourth-order valence-corrected chi connectivity index (χ4v) is 3.21. The third-order valence-electron chi connectivity index (χ3n) is 3.80. The minimum absolute atomic E-state index is 0.222. The molecule has 0 aliphatic carbocycles. The van der Waals surface area contributed by atoms with Gasteiger partial charge in [-0.05, 0) is 25.3 Å². The lowest BCUT2D eigenvalue weighted by Gasteiger charge is -2.07. The average Bonchev–Trinajstić information content (AvgIpc) is 3.32. The van der Waals surface area contributed by atoms with Gasteiger partial charge in [0.15, 0.2) is 5.65 Å². The molecule has 0 aromatic carbocycles. The molecule has 0 radical (unpaired) electrons. The van der Waals surface area contributed by atoms with Gasteiger partial charge in [-0.15, -0.1) is 11.3 Å². The molecular formula is C17H15N5O2S. The molecular weight excluding hydrogens is 338 g/mol. The second-order valence-corrected chi connectivity index (χ2v) is 6.56. The maximum Gasteiger partial charge on any atom is 0.255 e. The number of rotatable bonds is 4. The molecule has 0 fully saturated rings. The van der Waals surface area contributed by atoms with Crippen LogP contribution in [0.15, 0.2) is 40.5 Å². The molecule has 0 spiro atoms.